The van der Waals surface area contributed by atoms with Crippen molar-refractivity contribution in [1.82, 2.24) is 0 Å². The standard InChI is InChI=1S/C10H13ClS/c1-3-8-5-6-9(11)7-10(8)12-4-2/h5-7H,3-4H2,1-2H3. The maximum absolute atomic E-state index is 5.90. The minimum atomic E-state index is 0.836. The Kier molecular flexibility index (Phi) is 3.96. The molecule has 0 saturated carbocycles. The van der Waals surface area contributed by atoms with Crippen molar-refractivity contribution in [2.75, 3.05) is 5.75 Å². The van der Waals surface area contributed by atoms with Crippen LogP contribution in [0.4, 0.5) is 0 Å². The van der Waals surface area contributed by atoms with Gasteiger partial charge in [0.2, 0.25) is 0 Å². The fraction of sp³-hybridized carbons (Fsp3) is 0.400. The van der Waals surface area contributed by atoms with E-state index in [0.29, 0.717) is 0 Å². The highest BCUT2D eigenvalue weighted by Gasteiger charge is 2.00. The first-order chi connectivity index (χ1) is 5.77. The molecule has 12 heavy (non-hydrogen) atoms. The van der Waals surface area contributed by atoms with Crippen molar-refractivity contribution in [2.24, 2.45) is 0 Å². The van der Waals surface area contributed by atoms with Gasteiger partial charge < -0.3 is 0 Å². The molecular formula is C10H13ClS. The second-order valence-electron chi connectivity index (χ2n) is 2.54. The van der Waals surface area contributed by atoms with Crippen molar-refractivity contribution < 1.29 is 0 Å². The lowest BCUT2D eigenvalue weighted by atomic mass is 10.2. The zero-order valence-corrected chi connectivity index (χ0v) is 9.00. The summed E-state index contributed by atoms with van der Waals surface area (Å²) in [5, 5.41) is 0.836. The number of aryl methyl sites for hydroxylation is 1. The van der Waals surface area contributed by atoms with Crippen LogP contribution in [0.15, 0.2) is 23.1 Å². The molecule has 0 bridgehead atoms. The number of hydrogen-bond donors (Lipinski definition) is 0. The minimum Gasteiger partial charge on any atom is -0.126 e. The third-order valence-electron chi connectivity index (χ3n) is 1.71. The molecule has 2 heteroatoms. The van der Waals surface area contributed by atoms with E-state index in [4.69, 9.17) is 11.6 Å². The third kappa shape index (κ3) is 2.43. The molecule has 1 aromatic rings. The monoisotopic (exact) mass is 200 g/mol. The molecule has 1 aromatic carbocycles. The van der Waals surface area contributed by atoms with Crippen molar-refractivity contribution in [3.63, 3.8) is 0 Å². The van der Waals surface area contributed by atoms with E-state index in [2.05, 4.69) is 26.0 Å². The Morgan fingerprint density at radius 3 is 2.67 bits per heavy atom. The second kappa shape index (κ2) is 4.78. The Morgan fingerprint density at radius 1 is 1.33 bits per heavy atom. The molecule has 0 radical (unpaired) electrons. The van der Waals surface area contributed by atoms with Gasteiger partial charge in [-0.05, 0) is 29.9 Å². The van der Waals surface area contributed by atoms with E-state index in [0.717, 1.165) is 17.2 Å². The van der Waals surface area contributed by atoms with Crippen LogP contribution in [0.2, 0.25) is 5.02 Å². The normalized spacial score (nSPS) is 10.2. The van der Waals surface area contributed by atoms with Gasteiger partial charge in [0.1, 0.15) is 0 Å². The second-order valence-corrected chi connectivity index (χ2v) is 4.28. The molecule has 0 aliphatic carbocycles. The highest BCUT2D eigenvalue weighted by atomic mass is 35.5. The molecular weight excluding hydrogens is 188 g/mol. The molecule has 0 aromatic heterocycles. The van der Waals surface area contributed by atoms with Gasteiger partial charge in [-0.3, -0.25) is 0 Å². The van der Waals surface area contributed by atoms with Crippen LogP contribution in [0.3, 0.4) is 0 Å². The van der Waals surface area contributed by atoms with E-state index in [1.165, 1.54) is 10.5 Å². The predicted octanol–water partition coefficient (Wildman–Crippen LogP) is 4.01. The summed E-state index contributed by atoms with van der Waals surface area (Å²) in [4.78, 5) is 1.33. The summed E-state index contributed by atoms with van der Waals surface area (Å²) in [5.74, 6) is 1.10. The van der Waals surface area contributed by atoms with Crippen LogP contribution in [0.1, 0.15) is 19.4 Å². The van der Waals surface area contributed by atoms with Gasteiger partial charge in [-0.2, -0.15) is 0 Å². The molecule has 0 heterocycles. The van der Waals surface area contributed by atoms with Crippen molar-refractivity contribution in [3.8, 4) is 0 Å². The van der Waals surface area contributed by atoms with Crippen molar-refractivity contribution in [3.05, 3.63) is 28.8 Å². The first-order valence-electron chi connectivity index (χ1n) is 4.19. The Labute approximate surface area is 83.3 Å². The highest BCUT2D eigenvalue weighted by Crippen LogP contribution is 2.26. The molecule has 66 valence electrons. The molecule has 1 rings (SSSR count). The van der Waals surface area contributed by atoms with Gasteiger partial charge in [-0.1, -0.05) is 31.5 Å². The van der Waals surface area contributed by atoms with Gasteiger partial charge in [-0.25, -0.2) is 0 Å². The third-order valence-corrected chi connectivity index (χ3v) is 2.92. The summed E-state index contributed by atoms with van der Waals surface area (Å²) in [6, 6.07) is 6.12. The van der Waals surface area contributed by atoms with E-state index in [1.807, 2.05) is 17.8 Å². The van der Waals surface area contributed by atoms with Crippen molar-refractivity contribution in [1.29, 1.82) is 0 Å². The minimum absolute atomic E-state index is 0.836. The SMILES string of the molecule is CCSc1cc(Cl)ccc1CC. The van der Waals surface area contributed by atoms with Crippen molar-refractivity contribution >= 4 is 23.4 Å². The summed E-state index contributed by atoms with van der Waals surface area (Å²) in [5.41, 5.74) is 1.39. The average Bonchev–Trinajstić information content (AvgIpc) is 2.05. The number of thioether (sulfide) groups is 1. The van der Waals surface area contributed by atoms with E-state index >= 15 is 0 Å². The molecule has 0 aliphatic rings. The smallest absolute Gasteiger partial charge is 0.0417 e. The van der Waals surface area contributed by atoms with Crippen LogP contribution in [0.5, 0.6) is 0 Å². The Balaban J connectivity index is 2.95. The van der Waals surface area contributed by atoms with Crippen LogP contribution in [0, 0.1) is 0 Å². The van der Waals surface area contributed by atoms with Crippen LogP contribution in [-0.4, -0.2) is 5.75 Å². The largest absolute Gasteiger partial charge is 0.126 e. The Bertz CT molecular complexity index is 258. The molecule has 0 aliphatic heterocycles. The molecule has 0 atom stereocenters. The van der Waals surface area contributed by atoms with Crippen LogP contribution >= 0.6 is 23.4 Å². The lowest BCUT2D eigenvalue weighted by Gasteiger charge is -2.05. The van der Waals surface area contributed by atoms with Gasteiger partial charge >= 0.3 is 0 Å². The summed E-state index contributed by atoms with van der Waals surface area (Å²) in [6.45, 7) is 4.33. The zero-order valence-electron chi connectivity index (χ0n) is 7.43. The summed E-state index contributed by atoms with van der Waals surface area (Å²) >= 11 is 7.75. The van der Waals surface area contributed by atoms with Gasteiger partial charge in [0, 0.05) is 9.92 Å². The van der Waals surface area contributed by atoms with Gasteiger partial charge in [-0.15, -0.1) is 11.8 Å². The van der Waals surface area contributed by atoms with Gasteiger partial charge in [0.15, 0.2) is 0 Å². The molecule has 0 amide bonds. The molecule has 0 spiro atoms. The average molecular weight is 201 g/mol. The maximum atomic E-state index is 5.90. The lowest BCUT2D eigenvalue weighted by Crippen LogP contribution is -1.85. The first kappa shape index (κ1) is 9.94. The molecule has 0 N–H and O–H groups in total. The Hall–Kier alpha value is -0.140. The van der Waals surface area contributed by atoms with E-state index in [1.54, 1.807) is 0 Å². The lowest BCUT2D eigenvalue weighted by molar-refractivity contribution is 1.08. The van der Waals surface area contributed by atoms with E-state index in [9.17, 15) is 0 Å². The quantitative estimate of drug-likeness (QED) is 0.665. The van der Waals surface area contributed by atoms with Gasteiger partial charge in [0.05, 0.1) is 0 Å². The summed E-state index contributed by atoms with van der Waals surface area (Å²) in [7, 11) is 0. The fourth-order valence-corrected chi connectivity index (χ4v) is 2.27. The number of rotatable bonds is 3. The maximum Gasteiger partial charge on any atom is 0.0417 e. The molecule has 0 nitrogen and oxygen atoms in total. The number of benzene rings is 1. The fourth-order valence-electron chi connectivity index (χ4n) is 1.11. The van der Waals surface area contributed by atoms with Gasteiger partial charge in [0.25, 0.3) is 0 Å². The Morgan fingerprint density at radius 2 is 2.08 bits per heavy atom. The number of hydrogen-bond acceptors (Lipinski definition) is 1. The summed E-state index contributed by atoms with van der Waals surface area (Å²) < 4.78 is 0. The first-order valence-corrected chi connectivity index (χ1v) is 5.55. The van der Waals surface area contributed by atoms with E-state index < -0.39 is 0 Å². The number of halogens is 1. The van der Waals surface area contributed by atoms with Crippen LogP contribution < -0.4 is 0 Å². The molecule has 0 saturated heterocycles. The zero-order chi connectivity index (χ0) is 8.97. The predicted molar refractivity (Wildman–Crippen MR) is 57.2 cm³/mol. The topological polar surface area (TPSA) is 0 Å². The van der Waals surface area contributed by atoms with Crippen molar-refractivity contribution in [2.45, 2.75) is 25.2 Å². The molecule has 0 fully saturated rings. The van der Waals surface area contributed by atoms with Crippen LogP contribution in [-0.2, 0) is 6.42 Å². The highest BCUT2D eigenvalue weighted by molar-refractivity contribution is 7.99. The molecule has 0 unspecified atom stereocenters. The summed E-state index contributed by atoms with van der Waals surface area (Å²) in [6.07, 6.45) is 1.08. The van der Waals surface area contributed by atoms with Crippen LogP contribution in [0.25, 0.3) is 0 Å². The van der Waals surface area contributed by atoms with E-state index in [-0.39, 0.29) is 0 Å².